The van der Waals surface area contributed by atoms with Crippen LogP contribution in [0.5, 0.6) is 0 Å². The van der Waals surface area contributed by atoms with Crippen molar-refractivity contribution in [2.45, 2.75) is 44.0 Å². The molecule has 5 atom stereocenters. The summed E-state index contributed by atoms with van der Waals surface area (Å²) < 4.78 is 16.5. The molecule has 0 bridgehead atoms. The molecule has 0 aromatic carbocycles. The predicted molar refractivity (Wildman–Crippen MR) is 62.7 cm³/mol. The second kappa shape index (κ2) is 4.40. The molecule has 0 aliphatic carbocycles. The highest BCUT2D eigenvalue weighted by molar-refractivity contribution is 5.68. The van der Waals surface area contributed by atoms with Crippen LogP contribution >= 0.6 is 0 Å². The highest BCUT2D eigenvalue weighted by Gasteiger charge is 2.52. The highest BCUT2D eigenvalue weighted by Crippen LogP contribution is 2.38. The fraction of sp³-hybridized carbons (Fsp3) is 0.750. The van der Waals surface area contributed by atoms with Crippen LogP contribution in [0, 0.1) is 0 Å². The van der Waals surface area contributed by atoms with E-state index in [9.17, 15) is 0 Å². The summed E-state index contributed by atoms with van der Waals surface area (Å²) in [5.74, 6) is 0. The molecule has 5 nitrogen and oxygen atoms in total. The van der Waals surface area contributed by atoms with E-state index in [1.807, 2.05) is 26.4 Å². The first kappa shape index (κ1) is 11.2. The highest BCUT2D eigenvalue weighted by atomic mass is 16.8. The van der Waals surface area contributed by atoms with Gasteiger partial charge in [0.05, 0.1) is 12.1 Å². The number of ether oxygens (including phenoxy) is 3. The van der Waals surface area contributed by atoms with Gasteiger partial charge >= 0.3 is 0 Å². The molecule has 0 spiro atoms. The van der Waals surface area contributed by atoms with E-state index in [-0.39, 0.29) is 30.6 Å². The normalized spacial score (nSPS) is 42.9. The number of hydrogen-bond donors (Lipinski definition) is 0. The molecule has 5 heteroatoms. The van der Waals surface area contributed by atoms with Crippen LogP contribution in [0.15, 0.2) is 17.4 Å². The summed E-state index contributed by atoms with van der Waals surface area (Å²) in [6.07, 6.45) is 7.41. The first-order valence-corrected chi connectivity index (χ1v) is 6.14. The van der Waals surface area contributed by atoms with E-state index >= 15 is 0 Å². The van der Waals surface area contributed by atoms with Gasteiger partial charge in [0, 0.05) is 38.7 Å². The molecule has 3 heterocycles. The minimum Gasteiger partial charge on any atom is -0.368 e. The van der Waals surface area contributed by atoms with Gasteiger partial charge in [0.25, 0.3) is 0 Å². The Hall–Kier alpha value is -0.910. The van der Waals surface area contributed by atoms with Crippen LogP contribution in [-0.2, 0) is 14.2 Å². The van der Waals surface area contributed by atoms with E-state index in [0.29, 0.717) is 6.61 Å². The Balaban J connectivity index is 1.44. The molecular weight excluding hydrogens is 220 g/mol. The van der Waals surface area contributed by atoms with Gasteiger partial charge in [-0.25, -0.2) is 0 Å². The van der Waals surface area contributed by atoms with Crippen LogP contribution in [0.1, 0.15) is 13.3 Å². The minimum atomic E-state index is 0.00231. The molecule has 2 fully saturated rings. The second-order valence-corrected chi connectivity index (χ2v) is 4.63. The van der Waals surface area contributed by atoms with Crippen molar-refractivity contribution in [3.63, 3.8) is 0 Å². The number of rotatable bonds is 5. The van der Waals surface area contributed by atoms with Gasteiger partial charge in [0.2, 0.25) is 0 Å². The summed E-state index contributed by atoms with van der Waals surface area (Å²) in [6, 6.07) is 0.259. The van der Waals surface area contributed by atoms with Crippen molar-refractivity contribution < 1.29 is 14.2 Å². The molecule has 0 radical (unpaired) electrons. The molecule has 2 saturated heterocycles. The predicted octanol–water partition coefficient (Wildman–Crippen LogP) is 0.761. The van der Waals surface area contributed by atoms with E-state index in [1.165, 1.54) is 0 Å². The first-order valence-electron chi connectivity index (χ1n) is 6.14. The summed E-state index contributed by atoms with van der Waals surface area (Å²) in [5, 5.41) is 0. The van der Waals surface area contributed by atoms with Crippen molar-refractivity contribution in [1.82, 2.24) is 4.90 Å². The van der Waals surface area contributed by atoms with Crippen LogP contribution in [-0.4, -0.2) is 55.4 Å². The van der Waals surface area contributed by atoms with Crippen molar-refractivity contribution in [2.24, 2.45) is 4.99 Å². The summed E-state index contributed by atoms with van der Waals surface area (Å²) in [5.41, 5.74) is 0. The van der Waals surface area contributed by atoms with E-state index < -0.39 is 0 Å². The van der Waals surface area contributed by atoms with E-state index in [1.54, 1.807) is 6.20 Å². The number of epoxide rings is 2. The van der Waals surface area contributed by atoms with Crippen LogP contribution in [0.2, 0.25) is 0 Å². The molecule has 0 aromatic heterocycles. The van der Waals surface area contributed by atoms with Crippen LogP contribution in [0.25, 0.3) is 0 Å². The monoisotopic (exact) mass is 238 g/mol. The van der Waals surface area contributed by atoms with Crippen molar-refractivity contribution >= 4 is 6.21 Å². The lowest BCUT2D eigenvalue weighted by Crippen LogP contribution is -2.36. The number of nitrogens with zero attached hydrogens (tertiary/aromatic N) is 2. The second-order valence-electron chi connectivity index (χ2n) is 4.63. The molecule has 3 aliphatic heterocycles. The van der Waals surface area contributed by atoms with Crippen LogP contribution in [0.4, 0.5) is 0 Å². The van der Waals surface area contributed by atoms with Gasteiger partial charge in [-0.05, 0) is 6.92 Å². The lowest BCUT2D eigenvalue weighted by atomic mass is 10.1. The molecule has 17 heavy (non-hydrogen) atoms. The van der Waals surface area contributed by atoms with Crippen molar-refractivity contribution in [3.05, 3.63) is 12.4 Å². The van der Waals surface area contributed by atoms with Crippen LogP contribution < -0.4 is 0 Å². The van der Waals surface area contributed by atoms with Gasteiger partial charge in [0.1, 0.15) is 12.2 Å². The zero-order valence-corrected chi connectivity index (χ0v) is 10.2. The summed E-state index contributed by atoms with van der Waals surface area (Å²) in [4.78, 5) is 6.29. The number of hydrogen-bond acceptors (Lipinski definition) is 5. The van der Waals surface area contributed by atoms with E-state index in [4.69, 9.17) is 14.2 Å². The third-order valence-electron chi connectivity index (χ3n) is 3.39. The van der Waals surface area contributed by atoms with Gasteiger partial charge in [-0.1, -0.05) is 0 Å². The Morgan fingerprint density at radius 3 is 3.00 bits per heavy atom. The van der Waals surface area contributed by atoms with Gasteiger partial charge in [-0.3, -0.25) is 4.99 Å². The molecule has 0 saturated carbocycles. The maximum atomic E-state index is 5.70. The first-order chi connectivity index (χ1) is 8.29. The summed E-state index contributed by atoms with van der Waals surface area (Å²) >= 11 is 0. The van der Waals surface area contributed by atoms with Gasteiger partial charge in [-0.2, -0.15) is 0 Å². The SMILES string of the molecule is CCOC1OC1CC1OC1C1C=NC=CN1C. The third-order valence-corrected chi connectivity index (χ3v) is 3.39. The average Bonchev–Trinajstić information content (AvgIpc) is 3.21. The lowest BCUT2D eigenvalue weighted by Gasteiger charge is -2.23. The largest absolute Gasteiger partial charge is 0.368 e. The number of likely N-dealkylation sites (N-methyl/N-ethyl adjacent to an activating group) is 1. The molecular formula is C12H18N2O3. The molecule has 5 unspecified atom stereocenters. The maximum absolute atomic E-state index is 5.70. The zero-order chi connectivity index (χ0) is 11.8. The zero-order valence-electron chi connectivity index (χ0n) is 10.2. The third kappa shape index (κ3) is 2.36. The lowest BCUT2D eigenvalue weighted by molar-refractivity contribution is 0.0593. The molecule has 0 N–H and O–H groups in total. The molecule has 3 aliphatic rings. The fourth-order valence-corrected chi connectivity index (χ4v) is 2.28. The fourth-order valence-electron chi connectivity index (χ4n) is 2.28. The Kier molecular flexibility index (Phi) is 2.90. The Bertz CT molecular complexity index is 345. The maximum Gasteiger partial charge on any atom is 0.184 e. The molecule has 0 amide bonds. The minimum absolute atomic E-state index is 0.00231. The topological polar surface area (TPSA) is 49.9 Å². The van der Waals surface area contributed by atoms with Gasteiger partial charge < -0.3 is 19.1 Å². The van der Waals surface area contributed by atoms with Crippen molar-refractivity contribution in [1.29, 1.82) is 0 Å². The van der Waals surface area contributed by atoms with E-state index in [2.05, 4.69) is 9.89 Å². The number of aliphatic imine (C=N–C) groups is 1. The molecule has 94 valence electrons. The molecule has 0 aromatic rings. The summed E-state index contributed by atoms with van der Waals surface area (Å²) in [6.45, 7) is 2.69. The van der Waals surface area contributed by atoms with Crippen molar-refractivity contribution in [3.8, 4) is 0 Å². The van der Waals surface area contributed by atoms with Crippen molar-refractivity contribution in [2.75, 3.05) is 13.7 Å². The summed E-state index contributed by atoms with van der Waals surface area (Å²) in [7, 11) is 2.04. The Morgan fingerprint density at radius 2 is 2.24 bits per heavy atom. The quantitative estimate of drug-likeness (QED) is 0.664. The molecule has 3 rings (SSSR count). The smallest absolute Gasteiger partial charge is 0.184 e. The Morgan fingerprint density at radius 1 is 1.35 bits per heavy atom. The van der Waals surface area contributed by atoms with Gasteiger partial charge in [0.15, 0.2) is 6.29 Å². The van der Waals surface area contributed by atoms with Gasteiger partial charge in [-0.15, -0.1) is 0 Å². The Labute approximate surface area is 101 Å². The average molecular weight is 238 g/mol. The standard InChI is InChI=1S/C12H18N2O3/c1-3-15-12-10(17-12)6-9-11(16-9)8-7-13-4-5-14(8)2/h4-5,7-12H,3,6H2,1-2H3. The van der Waals surface area contributed by atoms with E-state index in [0.717, 1.165) is 6.42 Å². The van der Waals surface area contributed by atoms with Crippen LogP contribution in [0.3, 0.4) is 0 Å².